The van der Waals surface area contributed by atoms with Crippen molar-refractivity contribution < 1.29 is 9.90 Å². The zero-order chi connectivity index (χ0) is 12.3. The Morgan fingerprint density at radius 2 is 1.78 bits per heavy atom. The van der Waals surface area contributed by atoms with Crippen molar-refractivity contribution in [2.45, 2.75) is 25.0 Å². The average Bonchev–Trinajstić information content (AvgIpc) is 2.91. The Bertz CT molecular complexity index is 380. The molecule has 2 atom stereocenters. The summed E-state index contributed by atoms with van der Waals surface area (Å²) >= 11 is 0. The first-order valence-electron chi connectivity index (χ1n) is 5.97. The first-order chi connectivity index (χ1) is 8.20. The van der Waals surface area contributed by atoms with E-state index in [0.29, 0.717) is 5.56 Å². The lowest BCUT2D eigenvalue weighted by Crippen LogP contribution is -2.45. The van der Waals surface area contributed by atoms with E-state index in [2.05, 4.69) is 0 Å². The number of nitrogens with two attached hydrogens (primary N) is 1. The molecule has 0 unspecified atom stereocenters. The minimum atomic E-state index is -0.927. The summed E-state index contributed by atoms with van der Waals surface area (Å²) in [6.07, 6.45) is 1.13. The molecule has 1 aromatic rings. The van der Waals surface area contributed by atoms with Gasteiger partial charge in [-0.3, -0.25) is 4.79 Å². The molecule has 1 fully saturated rings. The van der Waals surface area contributed by atoms with Crippen LogP contribution >= 0.6 is 12.4 Å². The van der Waals surface area contributed by atoms with Crippen molar-refractivity contribution in [2.75, 3.05) is 13.1 Å². The first kappa shape index (κ1) is 15.0. The van der Waals surface area contributed by atoms with Gasteiger partial charge in [-0.1, -0.05) is 30.3 Å². The molecular formula is C13H19ClN2O2. The number of aliphatic hydroxyl groups excluding tert-OH is 1. The van der Waals surface area contributed by atoms with E-state index in [1.807, 2.05) is 18.2 Å². The molecule has 1 aliphatic heterocycles. The van der Waals surface area contributed by atoms with E-state index in [0.717, 1.165) is 25.9 Å². The van der Waals surface area contributed by atoms with Gasteiger partial charge < -0.3 is 15.7 Å². The number of hydrogen-bond acceptors (Lipinski definition) is 3. The van der Waals surface area contributed by atoms with Crippen LogP contribution in [0.2, 0.25) is 0 Å². The Morgan fingerprint density at radius 1 is 1.22 bits per heavy atom. The topological polar surface area (TPSA) is 66.6 Å². The van der Waals surface area contributed by atoms with E-state index >= 15 is 0 Å². The number of amides is 1. The fourth-order valence-electron chi connectivity index (χ4n) is 2.14. The van der Waals surface area contributed by atoms with Crippen LogP contribution in [0, 0.1) is 0 Å². The van der Waals surface area contributed by atoms with Crippen LogP contribution in [0.25, 0.3) is 0 Å². The largest absolute Gasteiger partial charge is 0.386 e. The molecule has 100 valence electrons. The van der Waals surface area contributed by atoms with E-state index in [1.54, 1.807) is 17.0 Å². The molecule has 1 heterocycles. The fraction of sp³-hybridized carbons (Fsp3) is 0.462. The molecular weight excluding hydrogens is 252 g/mol. The molecule has 0 spiro atoms. The lowest BCUT2D eigenvalue weighted by molar-refractivity contribution is -0.134. The molecule has 0 aliphatic carbocycles. The summed E-state index contributed by atoms with van der Waals surface area (Å²) < 4.78 is 0. The molecule has 2 rings (SSSR count). The maximum Gasteiger partial charge on any atom is 0.242 e. The van der Waals surface area contributed by atoms with Crippen LogP contribution in [0.4, 0.5) is 0 Å². The number of benzene rings is 1. The van der Waals surface area contributed by atoms with Crippen LogP contribution < -0.4 is 5.73 Å². The van der Waals surface area contributed by atoms with Gasteiger partial charge in [0.05, 0.1) is 0 Å². The summed E-state index contributed by atoms with van der Waals surface area (Å²) in [5.74, 6) is -0.154. The number of carbonyl (C=O) groups is 1. The molecule has 4 nitrogen and oxygen atoms in total. The van der Waals surface area contributed by atoms with Gasteiger partial charge >= 0.3 is 0 Å². The average molecular weight is 271 g/mol. The van der Waals surface area contributed by atoms with E-state index in [1.165, 1.54) is 0 Å². The normalized spacial score (nSPS) is 18.0. The highest BCUT2D eigenvalue weighted by Crippen LogP contribution is 2.18. The summed E-state index contributed by atoms with van der Waals surface area (Å²) in [5, 5.41) is 10.0. The number of carbonyl (C=O) groups excluding carboxylic acids is 1. The second-order valence-electron chi connectivity index (χ2n) is 4.41. The van der Waals surface area contributed by atoms with Crippen LogP contribution in [0.1, 0.15) is 24.5 Å². The van der Waals surface area contributed by atoms with E-state index in [-0.39, 0.29) is 18.3 Å². The molecule has 5 heteroatoms. The van der Waals surface area contributed by atoms with Crippen LogP contribution in [-0.4, -0.2) is 35.0 Å². The maximum atomic E-state index is 12.0. The van der Waals surface area contributed by atoms with E-state index < -0.39 is 12.1 Å². The van der Waals surface area contributed by atoms with Crippen LogP contribution in [0.5, 0.6) is 0 Å². The molecule has 1 aliphatic rings. The molecule has 0 radical (unpaired) electrons. The molecule has 1 aromatic carbocycles. The van der Waals surface area contributed by atoms with Crippen molar-refractivity contribution in [2.24, 2.45) is 5.73 Å². The Morgan fingerprint density at radius 3 is 2.33 bits per heavy atom. The van der Waals surface area contributed by atoms with Gasteiger partial charge in [-0.25, -0.2) is 0 Å². The predicted molar refractivity (Wildman–Crippen MR) is 72.4 cm³/mol. The monoisotopic (exact) mass is 270 g/mol. The van der Waals surface area contributed by atoms with Crippen LogP contribution in [-0.2, 0) is 4.79 Å². The van der Waals surface area contributed by atoms with Crippen molar-refractivity contribution in [3.63, 3.8) is 0 Å². The summed E-state index contributed by atoms with van der Waals surface area (Å²) in [6.45, 7) is 1.52. The first-order valence-corrected chi connectivity index (χ1v) is 5.97. The minimum absolute atomic E-state index is 0. The molecule has 1 amide bonds. The van der Waals surface area contributed by atoms with E-state index in [4.69, 9.17) is 5.73 Å². The van der Waals surface area contributed by atoms with Crippen molar-refractivity contribution in [1.82, 2.24) is 4.90 Å². The molecule has 1 saturated heterocycles. The zero-order valence-corrected chi connectivity index (χ0v) is 11.0. The minimum Gasteiger partial charge on any atom is -0.386 e. The third-order valence-electron chi connectivity index (χ3n) is 3.18. The molecule has 18 heavy (non-hydrogen) atoms. The number of nitrogens with zero attached hydrogens (tertiary/aromatic N) is 1. The van der Waals surface area contributed by atoms with Crippen LogP contribution in [0.3, 0.4) is 0 Å². The summed E-state index contributed by atoms with van der Waals surface area (Å²) in [6, 6.07) is 8.21. The van der Waals surface area contributed by atoms with Crippen molar-refractivity contribution in [3.8, 4) is 0 Å². The van der Waals surface area contributed by atoms with Crippen molar-refractivity contribution in [1.29, 1.82) is 0 Å². The summed E-state index contributed by atoms with van der Waals surface area (Å²) in [7, 11) is 0. The lowest BCUT2D eigenvalue weighted by atomic mass is 10.0. The molecule has 0 aromatic heterocycles. The Kier molecular flexibility index (Phi) is 5.59. The van der Waals surface area contributed by atoms with Gasteiger partial charge in [-0.2, -0.15) is 0 Å². The van der Waals surface area contributed by atoms with Crippen molar-refractivity contribution in [3.05, 3.63) is 35.9 Å². The van der Waals surface area contributed by atoms with Gasteiger partial charge in [0, 0.05) is 13.1 Å². The van der Waals surface area contributed by atoms with Gasteiger partial charge in [0.1, 0.15) is 12.1 Å². The smallest absolute Gasteiger partial charge is 0.242 e. The lowest BCUT2D eigenvalue weighted by Gasteiger charge is -2.24. The van der Waals surface area contributed by atoms with E-state index in [9.17, 15) is 9.90 Å². The van der Waals surface area contributed by atoms with Gasteiger partial charge in [0.15, 0.2) is 0 Å². The Labute approximate surface area is 113 Å². The van der Waals surface area contributed by atoms with Gasteiger partial charge in [0.2, 0.25) is 5.91 Å². The van der Waals surface area contributed by atoms with Gasteiger partial charge in [-0.15, -0.1) is 12.4 Å². The number of likely N-dealkylation sites (tertiary alicyclic amines) is 1. The Hall–Kier alpha value is -1.10. The third kappa shape index (κ3) is 3.22. The summed E-state index contributed by atoms with van der Waals surface area (Å²) in [5.41, 5.74) is 6.52. The predicted octanol–water partition coefficient (Wildman–Crippen LogP) is 1.09. The highest BCUT2D eigenvalue weighted by atomic mass is 35.5. The summed E-state index contributed by atoms with van der Waals surface area (Å²) in [4.78, 5) is 13.7. The second-order valence-corrected chi connectivity index (χ2v) is 4.41. The highest BCUT2D eigenvalue weighted by molar-refractivity contribution is 5.85. The third-order valence-corrected chi connectivity index (χ3v) is 3.18. The molecule has 0 saturated carbocycles. The van der Waals surface area contributed by atoms with Gasteiger partial charge in [0.25, 0.3) is 0 Å². The SMILES string of the molecule is Cl.N[C@@H](C(=O)N1CCCC1)[C@@H](O)c1ccccc1. The molecule has 0 bridgehead atoms. The maximum absolute atomic E-state index is 12.0. The number of halogens is 1. The standard InChI is InChI=1S/C13H18N2O2.ClH/c14-11(13(17)15-8-4-5-9-15)12(16)10-6-2-1-3-7-10;/h1-3,6-7,11-12,16H,4-5,8-9,14H2;1H/t11-,12+;/m1./s1. The number of hydrogen-bond donors (Lipinski definition) is 2. The van der Waals surface area contributed by atoms with Crippen LogP contribution in [0.15, 0.2) is 30.3 Å². The zero-order valence-electron chi connectivity index (χ0n) is 10.2. The number of rotatable bonds is 3. The number of aliphatic hydroxyl groups is 1. The molecule has 3 N–H and O–H groups in total. The Balaban J connectivity index is 0.00000162. The highest BCUT2D eigenvalue weighted by Gasteiger charge is 2.29. The van der Waals surface area contributed by atoms with Gasteiger partial charge in [-0.05, 0) is 18.4 Å². The fourth-order valence-corrected chi connectivity index (χ4v) is 2.14. The second kappa shape index (κ2) is 6.73. The van der Waals surface area contributed by atoms with Crippen molar-refractivity contribution >= 4 is 18.3 Å². The quantitative estimate of drug-likeness (QED) is 0.864.